The number of rotatable bonds is 5. The highest BCUT2D eigenvalue weighted by atomic mass is 16.5. The number of nitriles is 1. The van der Waals surface area contributed by atoms with Crippen LogP contribution in [0.15, 0.2) is 54.6 Å². The lowest BCUT2D eigenvalue weighted by Crippen LogP contribution is -1.95. The van der Waals surface area contributed by atoms with Crippen molar-refractivity contribution < 1.29 is 14.2 Å². The average Bonchev–Trinajstić information content (AvgIpc) is 2.71. The summed E-state index contributed by atoms with van der Waals surface area (Å²) in [6, 6.07) is 19.8. The van der Waals surface area contributed by atoms with Crippen LogP contribution >= 0.6 is 0 Å². The van der Waals surface area contributed by atoms with Crippen LogP contribution in [0.2, 0.25) is 0 Å². The first-order valence-electron chi connectivity index (χ1n) is 8.11. The first-order valence-corrected chi connectivity index (χ1v) is 8.11. The number of fused-ring (bicyclic) bond motifs is 1. The molecule has 0 heterocycles. The molecule has 0 aromatic heterocycles. The van der Waals surface area contributed by atoms with Gasteiger partial charge in [-0.25, -0.2) is 0 Å². The van der Waals surface area contributed by atoms with E-state index in [0.717, 1.165) is 21.9 Å². The van der Waals surface area contributed by atoms with Gasteiger partial charge in [0.05, 0.1) is 33.0 Å². The summed E-state index contributed by atoms with van der Waals surface area (Å²) < 4.78 is 16.2. The van der Waals surface area contributed by atoms with Crippen LogP contribution in [0.3, 0.4) is 0 Å². The molecule has 4 heteroatoms. The summed E-state index contributed by atoms with van der Waals surface area (Å²) in [5.41, 5.74) is 2.17. The van der Waals surface area contributed by atoms with Gasteiger partial charge in [-0.1, -0.05) is 42.5 Å². The molecule has 4 nitrogen and oxygen atoms in total. The molecule has 0 atom stereocenters. The van der Waals surface area contributed by atoms with E-state index in [4.69, 9.17) is 14.2 Å². The van der Waals surface area contributed by atoms with Crippen LogP contribution in [-0.4, -0.2) is 21.3 Å². The van der Waals surface area contributed by atoms with Gasteiger partial charge in [0.2, 0.25) is 0 Å². The maximum atomic E-state index is 9.78. The molecule has 3 aromatic carbocycles. The van der Waals surface area contributed by atoms with E-state index in [9.17, 15) is 5.26 Å². The Morgan fingerprint density at radius 3 is 2.19 bits per heavy atom. The number of ether oxygens (including phenoxy) is 3. The molecule has 0 unspecified atom stereocenters. The number of allylic oxidation sites excluding steroid dienone is 1. The summed E-state index contributed by atoms with van der Waals surface area (Å²) in [7, 11) is 4.74. The fourth-order valence-electron chi connectivity index (χ4n) is 2.95. The number of hydrogen-bond donors (Lipinski definition) is 0. The van der Waals surface area contributed by atoms with Gasteiger partial charge in [-0.15, -0.1) is 0 Å². The van der Waals surface area contributed by atoms with Gasteiger partial charge in [0.1, 0.15) is 5.75 Å². The lowest BCUT2D eigenvalue weighted by molar-refractivity contribution is 0.348. The summed E-state index contributed by atoms with van der Waals surface area (Å²) in [4.78, 5) is 0. The summed E-state index contributed by atoms with van der Waals surface area (Å²) >= 11 is 0. The highest BCUT2D eigenvalue weighted by Crippen LogP contribution is 2.37. The van der Waals surface area contributed by atoms with Crippen molar-refractivity contribution in [2.75, 3.05) is 21.3 Å². The number of methoxy groups -OCH3 is 3. The second-order valence-corrected chi connectivity index (χ2v) is 5.65. The summed E-state index contributed by atoms with van der Waals surface area (Å²) in [6.07, 6.45) is 1.81. The van der Waals surface area contributed by atoms with E-state index >= 15 is 0 Å². The third-order valence-electron chi connectivity index (χ3n) is 4.24. The van der Waals surface area contributed by atoms with Crippen LogP contribution in [0.25, 0.3) is 22.4 Å². The molecule has 0 aliphatic carbocycles. The normalized spacial score (nSPS) is 11.1. The van der Waals surface area contributed by atoms with Crippen LogP contribution in [0.5, 0.6) is 17.2 Å². The molecule has 130 valence electrons. The molecular formula is C22H19NO3. The quantitative estimate of drug-likeness (QED) is 0.486. The first-order chi connectivity index (χ1) is 12.7. The smallest absolute Gasteiger partial charge is 0.164 e. The zero-order valence-corrected chi connectivity index (χ0v) is 14.9. The maximum absolute atomic E-state index is 9.78. The van der Waals surface area contributed by atoms with Gasteiger partial charge in [-0.05, 0) is 22.9 Å². The minimum absolute atomic E-state index is 0.548. The van der Waals surface area contributed by atoms with E-state index in [-0.39, 0.29) is 0 Å². The van der Waals surface area contributed by atoms with Crippen molar-refractivity contribution in [1.82, 2.24) is 0 Å². The third-order valence-corrected chi connectivity index (χ3v) is 4.24. The molecule has 0 N–H and O–H groups in total. The Hall–Kier alpha value is -3.45. The van der Waals surface area contributed by atoms with E-state index in [1.54, 1.807) is 33.5 Å². The van der Waals surface area contributed by atoms with Crippen molar-refractivity contribution in [3.05, 3.63) is 65.7 Å². The standard InChI is InChI=1S/C22H19NO3/c1-24-20-13-22(26-3)21(25-2)12-16(20)11-17(14-23)19-10-6-8-15-7-4-5-9-18(15)19/h4-13H,1-3H3/b17-11-. The first kappa shape index (κ1) is 17.4. The number of benzene rings is 3. The molecule has 0 saturated heterocycles. The zero-order valence-electron chi connectivity index (χ0n) is 14.9. The molecule has 3 aromatic rings. The molecule has 0 amide bonds. The Labute approximate surface area is 152 Å². The highest BCUT2D eigenvalue weighted by Gasteiger charge is 2.13. The molecule has 0 saturated carbocycles. The lowest BCUT2D eigenvalue weighted by atomic mass is 9.97. The number of hydrogen-bond acceptors (Lipinski definition) is 4. The molecule has 0 spiro atoms. The predicted octanol–water partition coefficient (Wildman–Crippen LogP) is 4.93. The largest absolute Gasteiger partial charge is 0.496 e. The molecule has 26 heavy (non-hydrogen) atoms. The van der Waals surface area contributed by atoms with Crippen molar-refractivity contribution in [3.8, 4) is 23.3 Å². The van der Waals surface area contributed by atoms with E-state index in [2.05, 4.69) is 6.07 Å². The molecule has 0 bridgehead atoms. The van der Waals surface area contributed by atoms with Crippen molar-refractivity contribution in [3.63, 3.8) is 0 Å². The Morgan fingerprint density at radius 2 is 1.50 bits per heavy atom. The van der Waals surface area contributed by atoms with Gasteiger partial charge < -0.3 is 14.2 Å². The molecule has 0 radical (unpaired) electrons. The van der Waals surface area contributed by atoms with Crippen molar-refractivity contribution in [2.24, 2.45) is 0 Å². The minimum Gasteiger partial charge on any atom is -0.496 e. The van der Waals surface area contributed by atoms with Crippen molar-refractivity contribution in [1.29, 1.82) is 5.26 Å². The van der Waals surface area contributed by atoms with E-state index in [0.29, 0.717) is 22.8 Å². The second-order valence-electron chi connectivity index (χ2n) is 5.65. The maximum Gasteiger partial charge on any atom is 0.164 e. The van der Waals surface area contributed by atoms with Crippen LogP contribution in [-0.2, 0) is 0 Å². The van der Waals surface area contributed by atoms with Gasteiger partial charge in [0.25, 0.3) is 0 Å². The minimum atomic E-state index is 0.548. The Morgan fingerprint density at radius 1 is 0.846 bits per heavy atom. The molecule has 0 aliphatic heterocycles. The molecule has 0 aliphatic rings. The van der Waals surface area contributed by atoms with E-state index in [1.165, 1.54) is 0 Å². The van der Waals surface area contributed by atoms with Gasteiger partial charge in [-0.3, -0.25) is 0 Å². The van der Waals surface area contributed by atoms with Gasteiger partial charge >= 0.3 is 0 Å². The predicted molar refractivity (Wildman–Crippen MR) is 104 cm³/mol. The van der Waals surface area contributed by atoms with E-state index in [1.807, 2.05) is 48.5 Å². The lowest BCUT2D eigenvalue weighted by Gasteiger charge is -2.13. The highest BCUT2D eigenvalue weighted by molar-refractivity contribution is 6.02. The van der Waals surface area contributed by atoms with Crippen LogP contribution in [0.1, 0.15) is 11.1 Å². The fourth-order valence-corrected chi connectivity index (χ4v) is 2.95. The Balaban J connectivity index is 2.20. The Kier molecular flexibility index (Phi) is 5.09. The second kappa shape index (κ2) is 7.62. The van der Waals surface area contributed by atoms with Crippen molar-refractivity contribution in [2.45, 2.75) is 0 Å². The third kappa shape index (κ3) is 3.20. The SMILES string of the molecule is COc1cc(OC)c(OC)cc1/C=C(/C#N)c1cccc2ccccc12. The van der Waals surface area contributed by atoms with Crippen LogP contribution in [0.4, 0.5) is 0 Å². The topological polar surface area (TPSA) is 51.5 Å². The summed E-state index contributed by atoms with van der Waals surface area (Å²) in [6.45, 7) is 0. The monoisotopic (exact) mass is 345 g/mol. The number of nitrogens with zero attached hydrogens (tertiary/aromatic N) is 1. The summed E-state index contributed by atoms with van der Waals surface area (Å²) in [5.74, 6) is 1.76. The van der Waals surface area contributed by atoms with Gasteiger partial charge in [0, 0.05) is 17.2 Å². The Bertz CT molecular complexity index is 1010. The molecular weight excluding hydrogens is 326 g/mol. The molecule has 3 rings (SSSR count). The average molecular weight is 345 g/mol. The van der Waals surface area contributed by atoms with E-state index < -0.39 is 0 Å². The molecule has 0 fully saturated rings. The summed E-state index contributed by atoms with van der Waals surface area (Å²) in [5, 5.41) is 11.9. The van der Waals surface area contributed by atoms with Crippen LogP contribution < -0.4 is 14.2 Å². The zero-order chi connectivity index (χ0) is 18.5. The van der Waals surface area contributed by atoms with Gasteiger partial charge in [0.15, 0.2) is 11.5 Å². The van der Waals surface area contributed by atoms with Crippen LogP contribution in [0, 0.1) is 11.3 Å². The van der Waals surface area contributed by atoms with Crippen molar-refractivity contribution >= 4 is 22.4 Å². The fraction of sp³-hybridized carbons (Fsp3) is 0.136. The van der Waals surface area contributed by atoms with Gasteiger partial charge in [-0.2, -0.15) is 5.26 Å².